The maximum absolute atomic E-state index is 13.1. The number of carbonyl (C=O) groups is 1. The Morgan fingerprint density at radius 1 is 1.05 bits per heavy atom. The van der Waals surface area contributed by atoms with Crippen LogP contribution in [0.25, 0.3) is 11.1 Å². The van der Waals surface area contributed by atoms with Gasteiger partial charge in [0.1, 0.15) is 5.76 Å². The predicted molar refractivity (Wildman–Crippen MR) is 155 cm³/mol. The van der Waals surface area contributed by atoms with E-state index >= 15 is 0 Å². The van der Waals surface area contributed by atoms with Gasteiger partial charge in [-0.25, -0.2) is 23.9 Å². The molecule has 41 heavy (non-hydrogen) atoms. The fourth-order valence-electron chi connectivity index (χ4n) is 4.31. The Kier molecular flexibility index (Phi) is 8.11. The summed E-state index contributed by atoms with van der Waals surface area (Å²) in [6.07, 6.45) is 7.72. The number of hydrogen-bond acceptors (Lipinski definition) is 7. The zero-order valence-electron chi connectivity index (χ0n) is 22.0. The molecule has 0 bridgehead atoms. The van der Waals surface area contributed by atoms with Gasteiger partial charge >= 0.3 is 17.3 Å². The van der Waals surface area contributed by atoms with Crippen LogP contribution in [0.5, 0.6) is 5.88 Å². The van der Waals surface area contributed by atoms with Gasteiger partial charge < -0.3 is 15.2 Å². The van der Waals surface area contributed by atoms with Crippen molar-refractivity contribution in [2.75, 3.05) is 5.32 Å². The molecule has 2 aromatic carbocycles. The van der Waals surface area contributed by atoms with Crippen LogP contribution in [-0.2, 0) is 13.1 Å². The maximum Gasteiger partial charge on any atom is 0.354 e. The van der Waals surface area contributed by atoms with Crippen LogP contribution < -0.4 is 21.4 Å². The molecule has 0 aliphatic heterocycles. The average Bonchev–Trinajstić information content (AvgIpc) is 2.98. The lowest BCUT2D eigenvalue weighted by molar-refractivity contribution is 0.0697. The summed E-state index contributed by atoms with van der Waals surface area (Å²) in [6, 6.07) is 17.0. The third kappa shape index (κ3) is 6.44. The van der Waals surface area contributed by atoms with Crippen molar-refractivity contribution in [3.8, 4) is 17.0 Å². The molecule has 11 heteroatoms. The van der Waals surface area contributed by atoms with Gasteiger partial charge in [0.2, 0.25) is 11.8 Å². The van der Waals surface area contributed by atoms with Gasteiger partial charge in [0.15, 0.2) is 0 Å². The first-order valence-corrected chi connectivity index (χ1v) is 13.3. The number of carboxylic acid groups (broad SMARTS) is 1. The van der Waals surface area contributed by atoms with Gasteiger partial charge in [0, 0.05) is 29.4 Å². The number of nitrogens with one attached hydrogen (secondary N) is 1. The van der Waals surface area contributed by atoms with Gasteiger partial charge in [-0.3, -0.25) is 4.57 Å². The number of nitrogens with zero attached hydrogens (tertiary/aromatic N) is 4. The normalized spacial score (nSPS) is 14.4. The second kappa shape index (κ2) is 12.1. The molecule has 0 amide bonds. The van der Waals surface area contributed by atoms with Crippen molar-refractivity contribution in [1.82, 2.24) is 19.1 Å². The Bertz CT molecular complexity index is 1740. The number of hydrogen-bond donors (Lipinski definition) is 2. The van der Waals surface area contributed by atoms with Gasteiger partial charge in [0.25, 0.3) is 0 Å². The second-order valence-electron chi connectivity index (χ2n) is 9.28. The van der Waals surface area contributed by atoms with Crippen LogP contribution in [0, 0.1) is 0 Å². The van der Waals surface area contributed by atoms with Gasteiger partial charge in [-0.1, -0.05) is 41.9 Å². The van der Waals surface area contributed by atoms with E-state index in [2.05, 4.69) is 15.3 Å². The van der Waals surface area contributed by atoms with Gasteiger partial charge in [-0.05, 0) is 67.0 Å². The summed E-state index contributed by atoms with van der Waals surface area (Å²) >= 11 is 6.00. The summed E-state index contributed by atoms with van der Waals surface area (Å²) in [7, 11) is 0. The number of anilines is 1. The van der Waals surface area contributed by atoms with Crippen LogP contribution in [0.1, 0.15) is 29.3 Å². The molecule has 2 aromatic heterocycles. The lowest BCUT2D eigenvalue weighted by Crippen LogP contribution is -2.43. The van der Waals surface area contributed by atoms with E-state index in [1.807, 2.05) is 30.4 Å². The smallest absolute Gasteiger partial charge is 0.354 e. The van der Waals surface area contributed by atoms with Crippen LogP contribution in [0.4, 0.5) is 5.95 Å². The molecule has 2 heterocycles. The molecule has 1 aliphatic rings. The monoisotopic (exact) mass is 571 g/mol. The minimum atomic E-state index is -0.975. The molecular weight excluding hydrogens is 546 g/mol. The topological polar surface area (TPSA) is 128 Å². The number of halogens is 1. The summed E-state index contributed by atoms with van der Waals surface area (Å²) in [5, 5.41) is 12.9. The first kappa shape index (κ1) is 27.6. The Morgan fingerprint density at radius 2 is 1.78 bits per heavy atom. The van der Waals surface area contributed by atoms with E-state index in [0.29, 0.717) is 23.1 Å². The number of ether oxygens (including phenoxy) is 1. The van der Waals surface area contributed by atoms with E-state index in [1.165, 1.54) is 4.57 Å². The molecule has 10 nitrogen and oxygen atoms in total. The highest BCUT2D eigenvalue weighted by molar-refractivity contribution is 6.30. The van der Waals surface area contributed by atoms with Crippen LogP contribution in [-0.4, -0.2) is 36.2 Å². The molecule has 2 N–H and O–H groups in total. The average molecular weight is 572 g/mol. The molecule has 0 radical (unpaired) electrons. The van der Waals surface area contributed by atoms with Crippen LogP contribution in [0.15, 0.2) is 100 Å². The molecule has 208 valence electrons. The van der Waals surface area contributed by atoms with E-state index in [4.69, 9.17) is 21.4 Å². The number of allylic oxidation sites excluding steroid dienone is 1. The molecule has 1 unspecified atom stereocenters. The molecule has 4 aromatic rings. The van der Waals surface area contributed by atoms with E-state index in [9.17, 15) is 14.4 Å². The summed E-state index contributed by atoms with van der Waals surface area (Å²) in [5.41, 5.74) is 1.67. The fraction of sp³-hybridized carbons (Fsp3) is 0.167. The summed E-state index contributed by atoms with van der Waals surface area (Å²) in [6.45, 7) is 2.16. The van der Waals surface area contributed by atoms with Crippen molar-refractivity contribution < 1.29 is 14.6 Å². The van der Waals surface area contributed by atoms with Crippen LogP contribution in [0.3, 0.4) is 0 Å². The van der Waals surface area contributed by atoms with Gasteiger partial charge in [-0.2, -0.15) is 4.98 Å². The van der Waals surface area contributed by atoms with E-state index in [0.717, 1.165) is 21.3 Å². The first-order valence-electron chi connectivity index (χ1n) is 12.9. The van der Waals surface area contributed by atoms with Crippen molar-refractivity contribution in [3.63, 3.8) is 0 Å². The Morgan fingerprint density at radius 3 is 2.39 bits per heavy atom. The lowest BCUT2D eigenvalue weighted by atomic mass is 10.1. The quantitative estimate of drug-likeness (QED) is 0.298. The highest BCUT2D eigenvalue weighted by Crippen LogP contribution is 2.23. The van der Waals surface area contributed by atoms with Crippen molar-refractivity contribution in [2.24, 2.45) is 0 Å². The van der Waals surface area contributed by atoms with Gasteiger partial charge in [-0.15, -0.1) is 0 Å². The van der Waals surface area contributed by atoms with Crippen molar-refractivity contribution in [1.29, 1.82) is 0 Å². The molecule has 1 aliphatic carbocycles. The second-order valence-corrected chi connectivity index (χ2v) is 9.72. The van der Waals surface area contributed by atoms with Gasteiger partial charge in [0.05, 0.1) is 18.2 Å². The van der Waals surface area contributed by atoms with E-state index in [1.54, 1.807) is 61.7 Å². The summed E-state index contributed by atoms with van der Waals surface area (Å²) in [4.78, 5) is 45.2. The standard InChI is InChI=1S/C30H26ClN5O5/c1-2-35-29(39)34-28(36(30(35)40)18-19-3-10-23(31)11-4-19)33-24-12-14-25(15-13-24)41-26-16-9-22(17-32-26)20-5-7-21(8-6-20)27(37)38/h3-12,14-17,24H,2,13,18H2,1H3,(H,37,38)(H,33,34,39). The minimum absolute atomic E-state index is 0.181. The fourth-order valence-corrected chi connectivity index (χ4v) is 4.44. The molecule has 1 atom stereocenters. The highest BCUT2D eigenvalue weighted by Gasteiger charge is 2.17. The molecule has 0 saturated heterocycles. The van der Waals surface area contributed by atoms with Crippen LogP contribution in [0.2, 0.25) is 5.02 Å². The number of aromatic carboxylic acids is 1. The van der Waals surface area contributed by atoms with Crippen molar-refractivity contribution in [2.45, 2.75) is 32.5 Å². The Hall–Kier alpha value is -4.96. The SMILES string of the molecule is CCn1c(=O)nc(NC2C=CC(Oc3ccc(-c4ccc(C(=O)O)cc4)cn3)=CC2)n(Cc2ccc(Cl)cc2)c1=O. The third-order valence-corrected chi connectivity index (χ3v) is 6.78. The molecule has 0 fully saturated rings. The Labute approximate surface area is 239 Å². The zero-order valence-corrected chi connectivity index (χ0v) is 22.8. The lowest BCUT2D eigenvalue weighted by Gasteiger charge is -2.21. The number of pyridine rings is 1. The molecule has 0 spiro atoms. The zero-order chi connectivity index (χ0) is 28.9. The van der Waals surface area contributed by atoms with Crippen molar-refractivity contribution in [3.05, 3.63) is 128 Å². The number of benzene rings is 2. The highest BCUT2D eigenvalue weighted by atomic mass is 35.5. The van der Waals surface area contributed by atoms with E-state index < -0.39 is 17.3 Å². The number of rotatable bonds is 9. The molecule has 5 rings (SSSR count). The Balaban J connectivity index is 1.26. The third-order valence-electron chi connectivity index (χ3n) is 6.52. The number of carboxylic acids is 1. The maximum atomic E-state index is 13.1. The minimum Gasteiger partial charge on any atom is -0.478 e. The molecular formula is C30H26ClN5O5. The summed E-state index contributed by atoms with van der Waals surface area (Å²) in [5.74, 6) is 0.208. The number of aromatic nitrogens is 4. The largest absolute Gasteiger partial charge is 0.478 e. The summed E-state index contributed by atoms with van der Waals surface area (Å²) < 4.78 is 8.43. The van der Waals surface area contributed by atoms with Crippen molar-refractivity contribution >= 4 is 23.5 Å². The predicted octanol–water partition coefficient (Wildman–Crippen LogP) is 4.59. The molecule has 0 saturated carbocycles. The van der Waals surface area contributed by atoms with Crippen LogP contribution >= 0.6 is 11.6 Å². The van der Waals surface area contributed by atoms with E-state index in [-0.39, 0.29) is 30.6 Å². The first-order chi connectivity index (χ1) is 19.8.